The van der Waals surface area contributed by atoms with Crippen LogP contribution in [0.3, 0.4) is 0 Å². The Morgan fingerprint density at radius 3 is 2.62 bits per heavy atom. The van der Waals surface area contributed by atoms with Gasteiger partial charge in [0.05, 0.1) is 6.61 Å². The molecule has 29 heavy (non-hydrogen) atoms. The molecule has 0 bridgehead atoms. The van der Waals surface area contributed by atoms with E-state index in [1.165, 1.54) is 32.1 Å². The first-order valence-corrected chi connectivity index (χ1v) is 11.9. The minimum atomic E-state index is 0.0708. The van der Waals surface area contributed by atoms with Crippen LogP contribution in [-0.4, -0.2) is 43.2 Å². The van der Waals surface area contributed by atoms with E-state index in [4.69, 9.17) is 21.1 Å². The van der Waals surface area contributed by atoms with Crippen LogP contribution in [0.4, 0.5) is 0 Å². The second-order valence-electron chi connectivity index (χ2n) is 8.43. The predicted molar refractivity (Wildman–Crippen MR) is 118 cm³/mol. The smallest absolute Gasteiger partial charge is 0.226 e. The molecule has 162 valence electrons. The summed E-state index contributed by atoms with van der Waals surface area (Å²) in [5, 5.41) is 0.700. The van der Waals surface area contributed by atoms with E-state index >= 15 is 0 Å². The summed E-state index contributed by atoms with van der Waals surface area (Å²) in [7, 11) is 0. The van der Waals surface area contributed by atoms with Crippen LogP contribution in [0.25, 0.3) is 0 Å². The molecule has 2 fully saturated rings. The number of nitrogens with zero attached hydrogens (tertiary/aromatic N) is 1. The lowest BCUT2D eigenvalue weighted by atomic mass is 9.94. The summed E-state index contributed by atoms with van der Waals surface area (Å²) in [6.45, 7) is 5.25. The van der Waals surface area contributed by atoms with Gasteiger partial charge in [0.1, 0.15) is 5.75 Å². The molecular weight excluding hydrogens is 386 g/mol. The van der Waals surface area contributed by atoms with Crippen LogP contribution in [-0.2, 0) is 16.0 Å². The van der Waals surface area contributed by atoms with E-state index in [9.17, 15) is 4.79 Å². The third-order valence-corrected chi connectivity index (χ3v) is 6.55. The fourth-order valence-electron chi connectivity index (χ4n) is 4.46. The van der Waals surface area contributed by atoms with E-state index in [1.807, 2.05) is 18.2 Å². The highest BCUT2D eigenvalue weighted by molar-refractivity contribution is 6.31. The first-order valence-electron chi connectivity index (χ1n) is 11.5. The fourth-order valence-corrected chi connectivity index (χ4v) is 4.70. The second kappa shape index (κ2) is 11.8. The van der Waals surface area contributed by atoms with Crippen molar-refractivity contribution in [2.45, 2.75) is 77.2 Å². The van der Waals surface area contributed by atoms with Crippen LogP contribution in [0.1, 0.15) is 70.3 Å². The highest BCUT2D eigenvalue weighted by atomic mass is 35.5. The summed E-state index contributed by atoms with van der Waals surface area (Å²) in [5.74, 6) is 1.19. The molecule has 3 rings (SSSR count). The molecule has 4 nitrogen and oxygen atoms in total. The quantitative estimate of drug-likeness (QED) is 0.433. The zero-order chi connectivity index (χ0) is 20.5. The highest BCUT2D eigenvalue weighted by Gasteiger charge is 2.36. The second-order valence-corrected chi connectivity index (χ2v) is 8.84. The number of halogens is 1. The molecule has 1 heterocycles. The lowest BCUT2D eigenvalue weighted by molar-refractivity contribution is -0.133. The molecule has 1 aliphatic carbocycles. The molecule has 1 aromatic rings. The standard InChI is InChI=1S/C24H36ClNO3/c1-2-3-14-28-15-7-16-29-22-11-10-19(23(25)18-22)17-20-12-13-26(24(20)27)21-8-5-4-6-9-21/h10-11,18,20-21H,2-9,12-17H2,1H3. The zero-order valence-electron chi connectivity index (χ0n) is 17.8. The molecule has 0 aromatic heterocycles. The summed E-state index contributed by atoms with van der Waals surface area (Å²) < 4.78 is 11.3. The van der Waals surface area contributed by atoms with E-state index in [1.54, 1.807) is 0 Å². The number of rotatable bonds is 11. The molecule has 0 radical (unpaired) electrons. The van der Waals surface area contributed by atoms with Crippen molar-refractivity contribution >= 4 is 17.5 Å². The van der Waals surface area contributed by atoms with Crippen LogP contribution < -0.4 is 4.74 Å². The Morgan fingerprint density at radius 1 is 1.07 bits per heavy atom. The molecule has 0 spiro atoms. The predicted octanol–water partition coefficient (Wildman–Crippen LogP) is 5.65. The van der Waals surface area contributed by atoms with Crippen molar-refractivity contribution < 1.29 is 14.3 Å². The van der Waals surface area contributed by atoms with Gasteiger partial charge in [0.15, 0.2) is 0 Å². The average molecular weight is 422 g/mol. The summed E-state index contributed by atoms with van der Waals surface area (Å²) in [4.78, 5) is 15.1. The number of amides is 1. The van der Waals surface area contributed by atoms with Crippen molar-refractivity contribution in [2.75, 3.05) is 26.4 Å². The maximum Gasteiger partial charge on any atom is 0.226 e. The molecule has 5 heteroatoms. The minimum absolute atomic E-state index is 0.0708. The number of unbranched alkanes of at least 4 members (excludes halogenated alkanes) is 1. The van der Waals surface area contributed by atoms with Gasteiger partial charge in [-0.25, -0.2) is 0 Å². The van der Waals surface area contributed by atoms with Crippen molar-refractivity contribution in [1.82, 2.24) is 4.90 Å². The third kappa shape index (κ3) is 6.62. The largest absolute Gasteiger partial charge is 0.493 e. The molecular formula is C24H36ClNO3. The van der Waals surface area contributed by atoms with Crippen LogP contribution in [0, 0.1) is 5.92 Å². The maximum absolute atomic E-state index is 12.9. The van der Waals surface area contributed by atoms with Crippen LogP contribution in [0.2, 0.25) is 5.02 Å². The summed E-state index contributed by atoms with van der Waals surface area (Å²) in [6.07, 6.45) is 11.0. The lowest BCUT2D eigenvalue weighted by Gasteiger charge is -2.31. The van der Waals surface area contributed by atoms with E-state index < -0.39 is 0 Å². The molecule has 1 aromatic carbocycles. The Balaban J connectivity index is 1.44. The molecule has 1 amide bonds. The number of benzene rings is 1. The van der Waals surface area contributed by atoms with Crippen molar-refractivity contribution in [3.8, 4) is 5.75 Å². The van der Waals surface area contributed by atoms with Gasteiger partial charge in [-0.05, 0) is 49.8 Å². The summed E-state index contributed by atoms with van der Waals surface area (Å²) in [6, 6.07) is 6.34. The number of hydrogen-bond donors (Lipinski definition) is 0. The van der Waals surface area contributed by atoms with Crippen molar-refractivity contribution in [2.24, 2.45) is 5.92 Å². The topological polar surface area (TPSA) is 38.8 Å². The van der Waals surface area contributed by atoms with Crippen LogP contribution in [0.15, 0.2) is 18.2 Å². The van der Waals surface area contributed by atoms with Gasteiger partial charge in [0.25, 0.3) is 0 Å². The third-order valence-electron chi connectivity index (χ3n) is 6.20. The van der Waals surface area contributed by atoms with E-state index in [0.717, 1.165) is 63.2 Å². The van der Waals surface area contributed by atoms with Gasteiger partial charge in [0.2, 0.25) is 5.91 Å². The Kier molecular flexibility index (Phi) is 9.13. The Morgan fingerprint density at radius 2 is 1.86 bits per heavy atom. The maximum atomic E-state index is 12.9. The SMILES string of the molecule is CCCCOCCCOc1ccc(CC2CCN(C3CCCCC3)C2=O)c(Cl)c1. The normalized spacial score (nSPS) is 20.4. The number of hydrogen-bond acceptors (Lipinski definition) is 3. The van der Waals surface area contributed by atoms with Crippen molar-refractivity contribution in [1.29, 1.82) is 0 Å². The van der Waals surface area contributed by atoms with Gasteiger partial charge < -0.3 is 14.4 Å². The molecule has 1 atom stereocenters. The fraction of sp³-hybridized carbons (Fsp3) is 0.708. The van der Waals surface area contributed by atoms with Gasteiger partial charge in [0, 0.05) is 43.2 Å². The average Bonchev–Trinajstić information content (AvgIpc) is 3.10. The van der Waals surface area contributed by atoms with Gasteiger partial charge in [-0.15, -0.1) is 0 Å². The number of likely N-dealkylation sites (tertiary alicyclic amines) is 1. The van der Waals surface area contributed by atoms with Crippen molar-refractivity contribution in [3.63, 3.8) is 0 Å². The van der Waals surface area contributed by atoms with Gasteiger partial charge in [-0.3, -0.25) is 4.79 Å². The summed E-state index contributed by atoms with van der Waals surface area (Å²) >= 11 is 6.51. The lowest BCUT2D eigenvalue weighted by Crippen LogP contribution is -2.39. The molecule has 0 N–H and O–H groups in total. The van der Waals surface area contributed by atoms with Crippen molar-refractivity contribution in [3.05, 3.63) is 28.8 Å². The molecule has 1 saturated heterocycles. The Hall–Kier alpha value is -1.26. The number of carbonyl (C=O) groups excluding carboxylic acids is 1. The van der Waals surface area contributed by atoms with E-state index in [2.05, 4.69) is 11.8 Å². The molecule has 2 aliphatic rings. The molecule has 1 saturated carbocycles. The number of ether oxygens (including phenoxy) is 2. The monoisotopic (exact) mass is 421 g/mol. The van der Waals surface area contributed by atoms with Crippen LogP contribution in [0.5, 0.6) is 5.75 Å². The Bertz CT molecular complexity index is 645. The Labute approximate surface area is 180 Å². The minimum Gasteiger partial charge on any atom is -0.493 e. The zero-order valence-corrected chi connectivity index (χ0v) is 18.6. The first-order chi connectivity index (χ1) is 14.2. The number of carbonyl (C=O) groups is 1. The van der Waals surface area contributed by atoms with E-state index in [0.29, 0.717) is 23.6 Å². The first kappa shape index (κ1) is 22.4. The van der Waals surface area contributed by atoms with Crippen LogP contribution >= 0.6 is 11.6 Å². The van der Waals surface area contributed by atoms with Gasteiger partial charge in [-0.2, -0.15) is 0 Å². The highest BCUT2D eigenvalue weighted by Crippen LogP contribution is 2.32. The molecule has 1 aliphatic heterocycles. The van der Waals surface area contributed by atoms with Gasteiger partial charge in [-0.1, -0.05) is 50.3 Å². The summed E-state index contributed by atoms with van der Waals surface area (Å²) in [5.41, 5.74) is 1.05. The van der Waals surface area contributed by atoms with E-state index in [-0.39, 0.29) is 5.92 Å². The van der Waals surface area contributed by atoms with Gasteiger partial charge >= 0.3 is 0 Å². The molecule has 1 unspecified atom stereocenters.